The van der Waals surface area contributed by atoms with Crippen LogP contribution in [0.1, 0.15) is 40.5 Å². The smallest absolute Gasteiger partial charge is 0.271 e. The number of pyridine rings is 2. The molecular weight excluding hydrogens is 340 g/mol. The Kier molecular flexibility index (Phi) is 4.93. The van der Waals surface area contributed by atoms with E-state index in [1.807, 2.05) is 42.7 Å². The topological polar surface area (TPSA) is 75.9 Å². The molecule has 0 radical (unpaired) electrons. The molecule has 0 spiro atoms. The van der Waals surface area contributed by atoms with E-state index in [1.54, 1.807) is 12.4 Å². The van der Waals surface area contributed by atoms with Gasteiger partial charge in [0.25, 0.3) is 5.91 Å². The standard InChI is InChI=1S/C20H22N6O/c1-15-19-24-18(20(27)23-12-16-5-4-7-21-11-16)14-26(19)10-9-25(15)13-17-6-2-3-8-22-17/h2-8,11,14-15H,9-10,12-13H2,1H3,(H,23,27). The van der Waals surface area contributed by atoms with E-state index < -0.39 is 0 Å². The predicted octanol–water partition coefficient (Wildman–Crippen LogP) is 2.18. The van der Waals surface area contributed by atoms with E-state index in [1.165, 1.54) is 0 Å². The second-order valence-corrected chi connectivity index (χ2v) is 6.69. The van der Waals surface area contributed by atoms with Gasteiger partial charge in [-0.3, -0.25) is 19.7 Å². The molecule has 0 fully saturated rings. The first-order valence-electron chi connectivity index (χ1n) is 9.09. The molecule has 1 unspecified atom stereocenters. The molecule has 3 aromatic rings. The first-order valence-corrected chi connectivity index (χ1v) is 9.09. The third kappa shape index (κ3) is 3.88. The monoisotopic (exact) mass is 362 g/mol. The number of aromatic nitrogens is 4. The number of fused-ring (bicyclic) bond motifs is 1. The fraction of sp³-hybridized carbons (Fsp3) is 0.300. The molecule has 4 heterocycles. The molecular formula is C20H22N6O. The lowest BCUT2D eigenvalue weighted by molar-refractivity contribution is 0.0946. The number of hydrogen-bond donors (Lipinski definition) is 1. The average molecular weight is 362 g/mol. The van der Waals surface area contributed by atoms with E-state index >= 15 is 0 Å². The zero-order chi connectivity index (χ0) is 18.6. The Bertz CT molecular complexity index is 909. The molecule has 0 saturated carbocycles. The number of hydrogen-bond acceptors (Lipinski definition) is 5. The highest BCUT2D eigenvalue weighted by Gasteiger charge is 2.27. The number of nitrogens with zero attached hydrogens (tertiary/aromatic N) is 5. The summed E-state index contributed by atoms with van der Waals surface area (Å²) in [6.45, 7) is 5.05. The van der Waals surface area contributed by atoms with E-state index in [4.69, 9.17) is 0 Å². The summed E-state index contributed by atoms with van der Waals surface area (Å²) >= 11 is 0. The van der Waals surface area contributed by atoms with Crippen LogP contribution in [0.3, 0.4) is 0 Å². The van der Waals surface area contributed by atoms with Crippen molar-refractivity contribution in [3.05, 3.63) is 77.9 Å². The molecule has 1 N–H and O–H groups in total. The van der Waals surface area contributed by atoms with Gasteiger partial charge < -0.3 is 9.88 Å². The maximum atomic E-state index is 12.5. The van der Waals surface area contributed by atoms with Gasteiger partial charge in [0, 0.05) is 51.0 Å². The van der Waals surface area contributed by atoms with Crippen LogP contribution in [0, 0.1) is 0 Å². The van der Waals surface area contributed by atoms with Gasteiger partial charge in [-0.05, 0) is 30.7 Å². The highest BCUT2D eigenvalue weighted by molar-refractivity contribution is 5.92. The Labute approximate surface area is 158 Å². The second kappa shape index (κ2) is 7.67. The second-order valence-electron chi connectivity index (χ2n) is 6.69. The third-order valence-corrected chi connectivity index (χ3v) is 4.86. The van der Waals surface area contributed by atoms with E-state index in [9.17, 15) is 4.79 Å². The zero-order valence-corrected chi connectivity index (χ0v) is 15.2. The molecule has 0 aliphatic carbocycles. The molecule has 1 aliphatic rings. The highest BCUT2D eigenvalue weighted by atomic mass is 16.1. The van der Waals surface area contributed by atoms with Crippen LogP contribution in [0.25, 0.3) is 0 Å². The van der Waals surface area contributed by atoms with Gasteiger partial charge in [0.05, 0.1) is 11.7 Å². The molecule has 3 aromatic heterocycles. The minimum absolute atomic E-state index is 0.126. The van der Waals surface area contributed by atoms with Gasteiger partial charge in [0.2, 0.25) is 0 Å². The van der Waals surface area contributed by atoms with Crippen LogP contribution < -0.4 is 5.32 Å². The van der Waals surface area contributed by atoms with Crippen LogP contribution in [-0.4, -0.2) is 36.9 Å². The molecule has 1 atom stereocenters. The van der Waals surface area contributed by atoms with Gasteiger partial charge in [0.1, 0.15) is 11.5 Å². The number of amides is 1. The lowest BCUT2D eigenvalue weighted by Crippen LogP contribution is -2.36. The average Bonchev–Trinajstić information content (AvgIpc) is 3.15. The van der Waals surface area contributed by atoms with Gasteiger partial charge >= 0.3 is 0 Å². The Morgan fingerprint density at radius 1 is 1.22 bits per heavy atom. The van der Waals surface area contributed by atoms with E-state index in [2.05, 4.69) is 36.7 Å². The first-order chi connectivity index (χ1) is 13.2. The quantitative estimate of drug-likeness (QED) is 0.753. The summed E-state index contributed by atoms with van der Waals surface area (Å²) in [6, 6.07) is 9.87. The van der Waals surface area contributed by atoms with Gasteiger partial charge in [-0.25, -0.2) is 4.98 Å². The van der Waals surface area contributed by atoms with Crippen LogP contribution in [0.5, 0.6) is 0 Å². The fourth-order valence-electron chi connectivity index (χ4n) is 3.34. The van der Waals surface area contributed by atoms with Crippen molar-refractivity contribution in [2.24, 2.45) is 0 Å². The Hall–Kier alpha value is -3.06. The van der Waals surface area contributed by atoms with Crippen molar-refractivity contribution >= 4 is 5.91 Å². The number of rotatable bonds is 5. The molecule has 7 nitrogen and oxygen atoms in total. The molecule has 138 valence electrons. The number of carbonyl (C=O) groups excluding carboxylic acids is 1. The van der Waals surface area contributed by atoms with Crippen LogP contribution in [-0.2, 0) is 19.6 Å². The number of imidazole rings is 1. The first kappa shape index (κ1) is 17.4. The van der Waals surface area contributed by atoms with Crippen LogP contribution in [0.2, 0.25) is 0 Å². The van der Waals surface area contributed by atoms with Gasteiger partial charge in [-0.2, -0.15) is 0 Å². The minimum atomic E-state index is -0.163. The van der Waals surface area contributed by atoms with Gasteiger partial charge in [-0.1, -0.05) is 12.1 Å². The zero-order valence-electron chi connectivity index (χ0n) is 15.2. The van der Waals surface area contributed by atoms with Crippen molar-refractivity contribution < 1.29 is 4.79 Å². The van der Waals surface area contributed by atoms with Crippen LogP contribution >= 0.6 is 0 Å². The fourth-order valence-corrected chi connectivity index (χ4v) is 3.34. The van der Waals surface area contributed by atoms with Crippen molar-refractivity contribution in [2.45, 2.75) is 32.6 Å². The normalized spacial score (nSPS) is 16.7. The Morgan fingerprint density at radius 2 is 2.15 bits per heavy atom. The van der Waals surface area contributed by atoms with Gasteiger partial charge in [-0.15, -0.1) is 0 Å². The molecule has 27 heavy (non-hydrogen) atoms. The lowest BCUT2D eigenvalue weighted by Gasteiger charge is -2.33. The summed E-state index contributed by atoms with van der Waals surface area (Å²) in [7, 11) is 0. The van der Waals surface area contributed by atoms with E-state index in [0.717, 1.165) is 36.7 Å². The van der Waals surface area contributed by atoms with Crippen molar-refractivity contribution in [2.75, 3.05) is 6.54 Å². The van der Waals surface area contributed by atoms with Gasteiger partial charge in [0.15, 0.2) is 0 Å². The molecule has 0 saturated heterocycles. The largest absolute Gasteiger partial charge is 0.347 e. The van der Waals surface area contributed by atoms with Crippen molar-refractivity contribution in [3.63, 3.8) is 0 Å². The summed E-state index contributed by atoms with van der Waals surface area (Å²) < 4.78 is 2.08. The molecule has 1 amide bonds. The van der Waals surface area contributed by atoms with Crippen LogP contribution in [0.15, 0.2) is 55.1 Å². The molecule has 0 bridgehead atoms. The molecule has 1 aliphatic heterocycles. The van der Waals surface area contributed by atoms with Crippen molar-refractivity contribution in [1.29, 1.82) is 0 Å². The van der Waals surface area contributed by atoms with E-state index in [0.29, 0.717) is 12.2 Å². The minimum Gasteiger partial charge on any atom is -0.347 e. The molecule has 4 rings (SSSR count). The summed E-state index contributed by atoms with van der Waals surface area (Å²) in [5, 5.41) is 2.91. The number of nitrogens with one attached hydrogen (secondary N) is 1. The summed E-state index contributed by atoms with van der Waals surface area (Å²) in [5.74, 6) is 0.757. The molecule has 0 aromatic carbocycles. The SMILES string of the molecule is CC1c2nc(C(=O)NCc3cccnc3)cn2CCN1Cc1ccccn1. The summed E-state index contributed by atoms with van der Waals surface area (Å²) in [6.07, 6.45) is 7.13. The van der Waals surface area contributed by atoms with Crippen LogP contribution in [0.4, 0.5) is 0 Å². The van der Waals surface area contributed by atoms with E-state index in [-0.39, 0.29) is 11.9 Å². The third-order valence-electron chi connectivity index (χ3n) is 4.86. The van der Waals surface area contributed by atoms with Crippen molar-refractivity contribution in [3.8, 4) is 0 Å². The number of carbonyl (C=O) groups is 1. The Morgan fingerprint density at radius 3 is 2.93 bits per heavy atom. The predicted molar refractivity (Wildman–Crippen MR) is 101 cm³/mol. The maximum Gasteiger partial charge on any atom is 0.271 e. The molecule has 7 heteroatoms. The maximum absolute atomic E-state index is 12.5. The Balaban J connectivity index is 1.43. The lowest BCUT2D eigenvalue weighted by atomic mass is 10.2. The highest BCUT2D eigenvalue weighted by Crippen LogP contribution is 2.25. The summed E-state index contributed by atoms with van der Waals surface area (Å²) in [4.78, 5) is 27.9. The van der Waals surface area contributed by atoms with Crippen molar-refractivity contribution in [1.82, 2.24) is 29.7 Å². The summed E-state index contributed by atoms with van der Waals surface area (Å²) in [5.41, 5.74) is 2.46.